The normalized spacial score (nSPS) is 11.4. The first kappa shape index (κ1) is 15.5. The molecule has 2 aromatic carbocycles. The van der Waals surface area contributed by atoms with Gasteiger partial charge in [0.05, 0.1) is 0 Å². The van der Waals surface area contributed by atoms with E-state index in [1.165, 1.54) is 22.5 Å². The highest BCUT2D eigenvalue weighted by Gasteiger charge is 2.16. The molecule has 0 amide bonds. The predicted octanol–water partition coefficient (Wildman–Crippen LogP) is 5.00. The van der Waals surface area contributed by atoms with E-state index in [0.717, 1.165) is 0 Å². The minimum atomic E-state index is 0.505. The summed E-state index contributed by atoms with van der Waals surface area (Å²) in [7, 11) is 0. The topological polar surface area (TPSA) is 8.81 Å². The SMILES string of the molecule is CC(C)c1ccccc1-n1cc[n+](-c2ccccc2C(C)C)c1. The first-order valence-electron chi connectivity index (χ1n) is 8.35. The molecule has 0 saturated carbocycles. The second-order valence-electron chi connectivity index (χ2n) is 6.66. The first-order valence-corrected chi connectivity index (χ1v) is 8.35. The third-order valence-electron chi connectivity index (χ3n) is 4.31. The Labute approximate surface area is 139 Å². The van der Waals surface area contributed by atoms with Crippen LogP contribution in [0.3, 0.4) is 0 Å². The Bertz CT molecular complexity index is 731. The van der Waals surface area contributed by atoms with Crippen LogP contribution >= 0.6 is 0 Å². The van der Waals surface area contributed by atoms with Crippen LogP contribution in [0.4, 0.5) is 0 Å². The van der Waals surface area contributed by atoms with Crippen LogP contribution in [-0.2, 0) is 0 Å². The summed E-state index contributed by atoms with van der Waals surface area (Å²) in [6, 6.07) is 17.2. The van der Waals surface area contributed by atoms with E-state index in [0.29, 0.717) is 11.8 Å². The molecule has 0 aliphatic carbocycles. The van der Waals surface area contributed by atoms with Crippen LogP contribution in [0.15, 0.2) is 67.3 Å². The van der Waals surface area contributed by atoms with Crippen molar-refractivity contribution >= 4 is 0 Å². The molecular weight excluding hydrogens is 280 g/mol. The minimum absolute atomic E-state index is 0.505. The smallest absolute Gasteiger partial charge is 0.202 e. The summed E-state index contributed by atoms with van der Waals surface area (Å²) in [5.74, 6) is 1.01. The zero-order valence-corrected chi connectivity index (χ0v) is 14.4. The highest BCUT2D eigenvalue weighted by Crippen LogP contribution is 2.23. The van der Waals surface area contributed by atoms with E-state index in [9.17, 15) is 0 Å². The van der Waals surface area contributed by atoms with Crippen molar-refractivity contribution in [2.24, 2.45) is 0 Å². The standard InChI is InChI=1S/C21H25N2/c1-16(2)18-9-5-7-11-20(18)22-13-14-23(15-22)21-12-8-6-10-19(21)17(3)4/h5-17H,1-4H3/q+1. The average Bonchev–Trinajstić information content (AvgIpc) is 3.04. The highest BCUT2D eigenvalue weighted by atomic mass is 15.1. The maximum Gasteiger partial charge on any atom is 0.254 e. The number of aromatic nitrogens is 2. The van der Waals surface area contributed by atoms with Gasteiger partial charge < -0.3 is 0 Å². The van der Waals surface area contributed by atoms with E-state index in [4.69, 9.17) is 0 Å². The van der Waals surface area contributed by atoms with Crippen molar-refractivity contribution in [2.75, 3.05) is 0 Å². The highest BCUT2D eigenvalue weighted by molar-refractivity contribution is 5.43. The summed E-state index contributed by atoms with van der Waals surface area (Å²) in [6.07, 6.45) is 6.44. The molecule has 1 heterocycles. The van der Waals surface area contributed by atoms with Crippen LogP contribution in [0.25, 0.3) is 11.4 Å². The monoisotopic (exact) mass is 305 g/mol. The van der Waals surface area contributed by atoms with Crippen molar-refractivity contribution in [3.05, 3.63) is 78.4 Å². The molecule has 0 unspecified atom stereocenters. The summed E-state index contributed by atoms with van der Waals surface area (Å²) in [5, 5.41) is 0. The molecule has 3 rings (SSSR count). The molecule has 0 aliphatic heterocycles. The van der Waals surface area contributed by atoms with Gasteiger partial charge in [-0.3, -0.25) is 0 Å². The van der Waals surface area contributed by atoms with Crippen molar-refractivity contribution in [2.45, 2.75) is 39.5 Å². The van der Waals surface area contributed by atoms with Crippen LogP contribution in [0, 0.1) is 0 Å². The Morgan fingerprint density at radius 2 is 1.39 bits per heavy atom. The Hall–Kier alpha value is -2.35. The summed E-state index contributed by atoms with van der Waals surface area (Å²) >= 11 is 0. The fraction of sp³-hybridized carbons (Fsp3) is 0.286. The molecule has 1 aromatic heterocycles. The van der Waals surface area contributed by atoms with Gasteiger partial charge in [0.2, 0.25) is 0 Å². The van der Waals surface area contributed by atoms with E-state index in [-0.39, 0.29) is 0 Å². The van der Waals surface area contributed by atoms with E-state index in [2.05, 4.69) is 104 Å². The number of benzene rings is 2. The first-order chi connectivity index (χ1) is 11.1. The van der Waals surface area contributed by atoms with Gasteiger partial charge in [-0.15, -0.1) is 0 Å². The largest absolute Gasteiger partial charge is 0.254 e. The average molecular weight is 305 g/mol. The Morgan fingerprint density at radius 3 is 2.09 bits per heavy atom. The fourth-order valence-corrected chi connectivity index (χ4v) is 3.06. The molecule has 2 nitrogen and oxygen atoms in total. The van der Waals surface area contributed by atoms with Gasteiger partial charge in [0.25, 0.3) is 6.33 Å². The van der Waals surface area contributed by atoms with Crippen molar-refractivity contribution in [3.8, 4) is 11.4 Å². The molecule has 0 radical (unpaired) electrons. The number of rotatable bonds is 4. The van der Waals surface area contributed by atoms with E-state index in [1.54, 1.807) is 0 Å². The fourth-order valence-electron chi connectivity index (χ4n) is 3.06. The van der Waals surface area contributed by atoms with Crippen LogP contribution in [0.2, 0.25) is 0 Å². The van der Waals surface area contributed by atoms with Gasteiger partial charge in [0.15, 0.2) is 0 Å². The zero-order chi connectivity index (χ0) is 16.4. The van der Waals surface area contributed by atoms with Gasteiger partial charge in [-0.1, -0.05) is 64.1 Å². The maximum absolute atomic E-state index is 2.24. The Kier molecular flexibility index (Phi) is 4.33. The molecule has 3 aromatic rings. The van der Waals surface area contributed by atoms with Crippen molar-refractivity contribution in [3.63, 3.8) is 0 Å². The second kappa shape index (κ2) is 6.41. The lowest BCUT2D eigenvalue weighted by atomic mass is 10.0. The van der Waals surface area contributed by atoms with Crippen LogP contribution in [-0.4, -0.2) is 4.57 Å². The van der Waals surface area contributed by atoms with Gasteiger partial charge in [-0.2, -0.15) is 0 Å². The summed E-state index contributed by atoms with van der Waals surface area (Å²) in [4.78, 5) is 0. The van der Waals surface area contributed by atoms with E-state index < -0.39 is 0 Å². The van der Waals surface area contributed by atoms with Crippen LogP contribution < -0.4 is 4.57 Å². The molecule has 23 heavy (non-hydrogen) atoms. The molecule has 0 bridgehead atoms. The third kappa shape index (κ3) is 3.07. The minimum Gasteiger partial charge on any atom is -0.202 e. The van der Waals surface area contributed by atoms with Crippen molar-refractivity contribution in [1.29, 1.82) is 0 Å². The molecule has 0 aliphatic rings. The second-order valence-corrected chi connectivity index (χ2v) is 6.66. The summed E-state index contributed by atoms with van der Waals surface area (Å²) in [5.41, 5.74) is 5.24. The summed E-state index contributed by atoms with van der Waals surface area (Å²) in [6.45, 7) is 8.96. The van der Waals surface area contributed by atoms with Crippen molar-refractivity contribution < 1.29 is 4.57 Å². The molecule has 0 atom stereocenters. The van der Waals surface area contributed by atoms with E-state index in [1.807, 2.05) is 0 Å². The molecule has 0 spiro atoms. The number of para-hydroxylation sites is 2. The number of hydrogen-bond donors (Lipinski definition) is 0. The van der Waals surface area contributed by atoms with Gasteiger partial charge in [0.1, 0.15) is 23.8 Å². The number of nitrogens with zero attached hydrogens (tertiary/aromatic N) is 2. The lowest BCUT2D eigenvalue weighted by Crippen LogP contribution is -2.29. The predicted molar refractivity (Wildman–Crippen MR) is 95.5 cm³/mol. The molecular formula is C21H25N2+. The Balaban J connectivity index is 2.06. The molecule has 2 heteroatoms. The lowest BCUT2D eigenvalue weighted by Gasteiger charge is -2.10. The quantitative estimate of drug-likeness (QED) is 0.600. The summed E-state index contributed by atoms with van der Waals surface area (Å²) < 4.78 is 4.43. The number of hydrogen-bond acceptors (Lipinski definition) is 0. The van der Waals surface area contributed by atoms with Gasteiger partial charge >= 0.3 is 0 Å². The third-order valence-corrected chi connectivity index (χ3v) is 4.31. The van der Waals surface area contributed by atoms with Crippen molar-refractivity contribution in [1.82, 2.24) is 4.57 Å². The molecule has 0 N–H and O–H groups in total. The molecule has 118 valence electrons. The van der Waals surface area contributed by atoms with Gasteiger partial charge in [0, 0.05) is 11.1 Å². The maximum atomic E-state index is 2.24. The zero-order valence-electron chi connectivity index (χ0n) is 14.4. The molecule has 0 fully saturated rings. The molecule has 0 saturated heterocycles. The lowest BCUT2D eigenvalue weighted by molar-refractivity contribution is -0.595. The number of imidazole rings is 1. The van der Waals surface area contributed by atoms with Gasteiger partial charge in [-0.25, -0.2) is 9.13 Å². The Morgan fingerprint density at radius 1 is 0.783 bits per heavy atom. The van der Waals surface area contributed by atoms with E-state index >= 15 is 0 Å². The van der Waals surface area contributed by atoms with Crippen LogP contribution in [0.5, 0.6) is 0 Å². The van der Waals surface area contributed by atoms with Crippen LogP contribution in [0.1, 0.15) is 50.7 Å². The van der Waals surface area contributed by atoms with Gasteiger partial charge in [-0.05, 0) is 24.0 Å².